The molecule has 0 spiro atoms. The summed E-state index contributed by atoms with van der Waals surface area (Å²) in [4.78, 5) is 36.9. The lowest BCUT2D eigenvalue weighted by Gasteiger charge is -2.28. The molecule has 3 unspecified atom stereocenters. The van der Waals surface area contributed by atoms with Crippen molar-refractivity contribution in [1.82, 2.24) is 15.0 Å². The van der Waals surface area contributed by atoms with Gasteiger partial charge in [-0.3, -0.25) is 14.6 Å². The van der Waals surface area contributed by atoms with Gasteiger partial charge in [0.1, 0.15) is 28.9 Å². The first-order chi connectivity index (χ1) is 17.9. The Bertz CT molecular complexity index is 1340. The monoisotopic (exact) mass is 505 g/mol. The van der Waals surface area contributed by atoms with Gasteiger partial charge in [0.15, 0.2) is 12.1 Å². The first-order valence-corrected chi connectivity index (χ1v) is 12.3. The lowest BCUT2D eigenvalue weighted by atomic mass is 9.82. The SMILES string of the molecule is COC(=O)C(C)C(c1ccc2c(c1)OC(c1cnc(-c3cc(OC)ncc3F)c(C=O)n1)CC2)C1CC1. The number of fused-ring (bicyclic) bond motifs is 1. The number of carbonyl (C=O) groups excluding carboxylic acids is 2. The van der Waals surface area contributed by atoms with Gasteiger partial charge in [-0.25, -0.2) is 14.4 Å². The van der Waals surface area contributed by atoms with Gasteiger partial charge in [-0.15, -0.1) is 0 Å². The Kier molecular flexibility index (Phi) is 6.86. The number of aldehydes is 1. The number of pyridine rings is 1. The number of rotatable bonds is 8. The van der Waals surface area contributed by atoms with Crippen molar-refractivity contribution in [1.29, 1.82) is 0 Å². The fourth-order valence-electron chi connectivity index (χ4n) is 5.13. The molecule has 1 aliphatic heterocycles. The van der Waals surface area contributed by atoms with Gasteiger partial charge in [0.05, 0.1) is 32.5 Å². The number of methoxy groups -OCH3 is 2. The zero-order chi connectivity index (χ0) is 26.1. The Morgan fingerprint density at radius 3 is 2.68 bits per heavy atom. The molecule has 0 bridgehead atoms. The number of benzene rings is 1. The highest BCUT2D eigenvalue weighted by atomic mass is 19.1. The maximum Gasteiger partial charge on any atom is 0.309 e. The van der Waals surface area contributed by atoms with E-state index in [9.17, 15) is 14.0 Å². The molecule has 2 aliphatic rings. The average molecular weight is 506 g/mol. The minimum atomic E-state index is -0.632. The first kappa shape index (κ1) is 24.8. The second-order valence-electron chi connectivity index (χ2n) is 9.54. The summed E-state index contributed by atoms with van der Waals surface area (Å²) in [7, 11) is 2.84. The number of hydrogen-bond acceptors (Lipinski definition) is 8. The summed E-state index contributed by atoms with van der Waals surface area (Å²) in [5.74, 6) is 0.354. The van der Waals surface area contributed by atoms with Crippen molar-refractivity contribution < 1.29 is 28.2 Å². The van der Waals surface area contributed by atoms with Gasteiger partial charge >= 0.3 is 5.97 Å². The van der Waals surface area contributed by atoms with Crippen LogP contribution in [0.2, 0.25) is 0 Å². The zero-order valence-corrected chi connectivity index (χ0v) is 20.9. The Morgan fingerprint density at radius 1 is 1.16 bits per heavy atom. The Hall–Kier alpha value is -3.88. The second-order valence-corrected chi connectivity index (χ2v) is 9.54. The number of carbonyl (C=O) groups is 2. The summed E-state index contributed by atoms with van der Waals surface area (Å²) in [5, 5.41) is 0. The highest BCUT2D eigenvalue weighted by molar-refractivity contribution is 5.83. The van der Waals surface area contributed by atoms with Crippen LogP contribution in [0.25, 0.3) is 11.3 Å². The van der Waals surface area contributed by atoms with E-state index < -0.39 is 11.9 Å². The van der Waals surface area contributed by atoms with Crippen LogP contribution in [0.15, 0.2) is 36.7 Å². The standard InChI is InChI=1S/C28H28FN3O5/c1-15(28(34)36-3)26(17-5-6-17)18-7-4-16-8-9-23(37-24(16)10-18)21-13-31-27(22(14-33)32-21)19-11-25(35-2)30-12-20(19)29/h4,7,10-15,17,23,26H,5-6,8-9H2,1-3H3. The highest BCUT2D eigenvalue weighted by Crippen LogP contribution is 2.48. The summed E-state index contributed by atoms with van der Waals surface area (Å²) in [5.41, 5.74) is 2.82. The van der Waals surface area contributed by atoms with Crippen molar-refractivity contribution in [2.45, 2.75) is 44.6 Å². The third-order valence-electron chi connectivity index (χ3n) is 7.22. The largest absolute Gasteiger partial charge is 0.484 e. The van der Waals surface area contributed by atoms with Gasteiger partial charge in [0, 0.05) is 11.6 Å². The van der Waals surface area contributed by atoms with Gasteiger partial charge in [0.2, 0.25) is 5.88 Å². The number of ether oxygens (including phenoxy) is 3. The van der Waals surface area contributed by atoms with E-state index in [1.165, 1.54) is 26.5 Å². The molecule has 0 saturated heterocycles. The van der Waals surface area contributed by atoms with Crippen LogP contribution in [-0.4, -0.2) is 41.4 Å². The van der Waals surface area contributed by atoms with E-state index >= 15 is 0 Å². The van der Waals surface area contributed by atoms with Crippen molar-refractivity contribution in [2.75, 3.05) is 14.2 Å². The van der Waals surface area contributed by atoms with Crippen LogP contribution in [0.5, 0.6) is 11.6 Å². The number of esters is 1. The smallest absolute Gasteiger partial charge is 0.309 e. The average Bonchev–Trinajstić information content (AvgIpc) is 3.77. The van der Waals surface area contributed by atoms with E-state index in [2.05, 4.69) is 27.1 Å². The van der Waals surface area contributed by atoms with E-state index in [1.54, 1.807) is 0 Å². The molecule has 1 aliphatic carbocycles. The molecule has 192 valence electrons. The quantitative estimate of drug-likeness (QED) is 0.316. The van der Waals surface area contributed by atoms with E-state index in [0.717, 1.165) is 42.3 Å². The maximum absolute atomic E-state index is 14.5. The van der Waals surface area contributed by atoms with E-state index in [4.69, 9.17) is 14.2 Å². The topological polar surface area (TPSA) is 101 Å². The normalized spacial score (nSPS) is 18.2. The van der Waals surface area contributed by atoms with E-state index in [0.29, 0.717) is 24.3 Å². The van der Waals surface area contributed by atoms with Gasteiger partial charge in [-0.1, -0.05) is 19.1 Å². The van der Waals surface area contributed by atoms with Gasteiger partial charge < -0.3 is 14.2 Å². The number of aromatic nitrogens is 3. The van der Waals surface area contributed by atoms with Crippen LogP contribution in [-0.2, 0) is 16.0 Å². The zero-order valence-electron chi connectivity index (χ0n) is 20.9. The minimum Gasteiger partial charge on any atom is -0.484 e. The van der Waals surface area contributed by atoms with Gasteiger partial charge in [-0.2, -0.15) is 0 Å². The number of aryl methyl sites for hydroxylation is 1. The molecule has 0 amide bonds. The molecule has 3 aromatic rings. The minimum absolute atomic E-state index is 0.00787. The van der Waals surface area contributed by atoms with E-state index in [1.807, 2.05) is 13.0 Å². The molecule has 2 aromatic heterocycles. The highest BCUT2D eigenvalue weighted by Gasteiger charge is 2.39. The number of nitrogens with zero attached hydrogens (tertiary/aromatic N) is 3. The van der Waals surface area contributed by atoms with Crippen LogP contribution in [0.1, 0.15) is 65.5 Å². The summed E-state index contributed by atoms with van der Waals surface area (Å²) < 4.78 is 30.9. The molecule has 1 aromatic carbocycles. The third kappa shape index (κ3) is 4.90. The Balaban J connectivity index is 1.43. The van der Waals surface area contributed by atoms with Crippen molar-refractivity contribution in [3.05, 3.63) is 65.0 Å². The number of halogens is 1. The van der Waals surface area contributed by atoms with Crippen LogP contribution < -0.4 is 9.47 Å². The summed E-state index contributed by atoms with van der Waals surface area (Å²) in [6, 6.07) is 7.55. The predicted molar refractivity (Wildman–Crippen MR) is 132 cm³/mol. The summed E-state index contributed by atoms with van der Waals surface area (Å²) in [6.45, 7) is 1.91. The molecular formula is C28H28FN3O5. The molecule has 9 heteroatoms. The lowest BCUT2D eigenvalue weighted by Crippen LogP contribution is -2.23. The molecule has 3 heterocycles. The van der Waals surface area contributed by atoms with Crippen LogP contribution >= 0.6 is 0 Å². The van der Waals surface area contributed by atoms with Gasteiger partial charge in [0.25, 0.3) is 0 Å². The predicted octanol–water partition coefficient (Wildman–Crippen LogP) is 4.87. The molecule has 37 heavy (non-hydrogen) atoms. The Morgan fingerprint density at radius 2 is 1.97 bits per heavy atom. The molecule has 8 nitrogen and oxygen atoms in total. The van der Waals surface area contributed by atoms with Crippen molar-refractivity contribution in [3.63, 3.8) is 0 Å². The van der Waals surface area contributed by atoms with Crippen LogP contribution in [0, 0.1) is 17.7 Å². The maximum atomic E-state index is 14.5. The fourth-order valence-corrected chi connectivity index (χ4v) is 5.13. The molecular weight excluding hydrogens is 477 g/mol. The first-order valence-electron chi connectivity index (χ1n) is 12.3. The molecule has 0 N–H and O–H groups in total. The molecule has 1 saturated carbocycles. The van der Waals surface area contributed by atoms with Crippen LogP contribution in [0.3, 0.4) is 0 Å². The molecule has 1 fully saturated rings. The molecule has 3 atom stereocenters. The second kappa shape index (κ2) is 10.2. The van der Waals surface area contributed by atoms with Gasteiger partial charge in [-0.05, 0) is 54.7 Å². The summed E-state index contributed by atoms with van der Waals surface area (Å²) >= 11 is 0. The number of hydrogen-bond donors (Lipinski definition) is 0. The summed E-state index contributed by atoms with van der Waals surface area (Å²) in [6.07, 6.45) is 6.27. The lowest BCUT2D eigenvalue weighted by molar-refractivity contribution is -0.145. The molecule has 0 radical (unpaired) electrons. The van der Waals surface area contributed by atoms with Crippen molar-refractivity contribution >= 4 is 12.3 Å². The van der Waals surface area contributed by atoms with Crippen molar-refractivity contribution in [2.24, 2.45) is 11.8 Å². The van der Waals surface area contributed by atoms with E-state index in [-0.39, 0.29) is 40.6 Å². The van der Waals surface area contributed by atoms with Crippen molar-refractivity contribution in [3.8, 4) is 22.9 Å². The van der Waals surface area contributed by atoms with Crippen LogP contribution in [0.4, 0.5) is 4.39 Å². The molecule has 5 rings (SSSR count). The third-order valence-corrected chi connectivity index (χ3v) is 7.22. The fraction of sp³-hybridized carbons (Fsp3) is 0.393. The Labute approximate surface area is 214 Å².